The van der Waals surface area contributed by atoms with Crippen LogP contribution in [0.5, 0.6) is 0 Å². The SMILES string of the molecule is CN1C(=O)C(CC(=O)Nc2cccc(Cl)c2)N(NC(=O)c2ccc(F)cc2)C1=S. The fourth-order valence-corrected chi connectivity index (χ4v) is 3.21. The number of rotatable bonds is 5. The molecular weight excluding hydrogens is 419 g/mol. The van der Waals surface area contributed by atoms with Crippen LogP contribution in [-0.2, 0) is 9.59 Å². The van der Waals surface area contributed by atoms with E-state index < -0.39 is 29.6 Å². The van der Waals surface area contributed by atoms with Crippen molar-refractivity contribution in [2.24, 2.45) is 0 Å². The van der Waals surface area contributed by atoms with Crippen LogP contribution in [0.4, 0.5) is 10.1 Å². The normalized spacial score (nSPS) is 16.2. The maximum atomic E-state index is 13.1. The first-order valence-electron chi connectivity index (χ1n) is 8.49. The topological polar surface area (TPSA) is 81.8 Å². The molecule has 1 atom stereocenters. The van der Waals surface area contributed by atoms with Crippen LogP contribution < -0.4 is 10.7 Å². The minimum atomic E-state index is -1.02. The van der Waals surface area contributed by atoms with E-state index in [4.69, 9.17) is 23.8 Å². The molecule has 0 bridgehead atoms. The fourth-order valence-electron chi connectivity index (χ4n) is 2.76. The molecule has 3 amide bonds. The smallest absolute Gasteiger partial charge is 0.269 e. The first kappa shape index (κ1) is 20.7. The summed E-state index contributed by atoms with van der Waals surface area (Å²) in [5.41, 5.74) is 3.18. The summed E-state index contributed by atoms with van der Waals surface area (Å²) >= 11 is 11.1. The molecule has 10 heteroatoms. The minimum absolute atomic E-state index is 0.0472. The number of hydrogen-bond acceptors (Lipinski definition) is 4. The third-order valence-corrected chi connectivity index (χ3v) is 4.94. The van der Waals surface area contributed by atoms with E-state index in [0.717, 1.165) is 12.1 Å². The number of hydrazine groups is 1. The average molecular weight is 435 g/mol. The van der Waals surface area contributed by atoms with Crippen molar-refractivity contribution in [3.63, 3.8) is 0 Å². The molecule has 0 aromatic heterocycles. The van der Waals surface area contributed by atoms with Crippen LogP contribution in [0.15, 0.2) is 48.5 Å². The first-order valence-corrected chi connectivity index (χ1v) is 9.27. The molecule has 29 heavy (non-hydrogen) atoms. The third-order valence-electron chi connectivity index (χ3n) is 4.24. The molecule has 3 rings (SSSR count). The van der Waals surface area contributed by atoms with Crippen molar-refractivity contribution >= 4 is 52.3 Å². The van der Waals surface area contributed by atoms with Crippen LogP contribution in [0.2, 0.25) is 5.02 Å². The molecule has 0 radical (unpaired) electrons. The van der Waals surface area contributed by atoms with Gasteiger partial charge in [-0.25, -0.2) is 9.40 Å². The zero-order valence-electron chi connectivity index (χ0n) is 15.2. The van der Waals surface area contributed by atoms with E-state index in [2.05, 4.69) is 10.7 Å². The van der Waals surface area contributed by atoms with Crippen LogP contribution in [0.1, 0.15) is 16.8 Å². The number of thiocarbonyl (C=S) groups is 1. The standard InChI is InChI=1S/C19H16ClFN4O3S/c1-24-18(28)15(10-16(26)22-14-4-2-3-12(20)9-14)25(19(24)29)23-17(27)11-5-7-13(21)8-6-11/h2-9,15H,10H2,1H3,(H,22,26)(H,23,27). The molecule has 0 spiro atoms. The van der Waals surface area contributed by atoms with Crippen molar-refractivity contribution in [1.82, 2.24) is 15.3 Å². The van der Waals surface area contributed by atoms with Gasteiger partial charge in [0.1, 0.15) is 11.9 Å². The van der Waals surface area contributed by atoms with E-state index >= 15 is 0 Å². The van der Waals surface area contributed by atoms with Gasteiger partial charge in [-0.05, 0) is 54.7 Å². The summed E-state index contributed by atoms with van der Waals surface area (Å²) in [7, 11) is 1.45. The Morgan fingerprint density at radius 2 is 1.90 bits per heavy atom. The third kappa shape index (κ3) is 4.69. The van der Waals surface area contributed by atoms with E-state index in [1.807, 2.05) is 0 Å². The highest BCUT2D eigenvalue weighted by atomic mass is 35.5. The number of anilines is 1. The molecule has 1 unspecified atom stereocenters. The molecular formula is C19H16ClFN4O3S. The number of hydrogen-bond donors (Lipinski definition) is 2. The van der Waals surface area contributed by atoms with Gasteiger partial charge in [-0.15, -0.1) is 0 Å². The maximum Gasteiger partial charge on any atom is 0.269 e. The van der Waals surface area contributed by atoms with E-state index in [0.29, 0.717) is 10.7 Å². The van der Waals surface area contributed by atoms with Crippen molar-refractivity contribution in [2.45, 2.75) is 12.5 Å². The summed E-state index contributed by atoms with van der Waals surface area (Å²) in [6.45, 7) is 0. The molecule has 150 valence electrons. The number of likely N-dealkylation sites (N-methyl/N-ethyl adjacent to an activating group) is 1. The van der Waals surface area contributed by atoms with E-state index in [1.54, 1.807) is 24.3 Å². The lowest BCUT2D eigenvalue weighted by atomic mass is 10.2. The van der Waals surface area contributed by atoms with Crippen molar-refractivity contribution in [1.29, 1.82) is 0 Å². The van der Waals surface area contributed by atoms with Gasteiger partial charge in [0.2, 0.25) is 5.91 Å². The Hall–Kier alpha value is -3.04. The second-order valence-corrected chi connectivity index (χ2v) is 7.08. The van der Waals surface area contributed by atoms with Gasteiger partial charge in [0.15, 0.2) is 5.11 Å². The number of halogens is 2. The average Bonchev–Trinajstić information content (AvgIpc) is 2.87. The summed E-state index contributed by atoms with van der Waals surface area (Å²) in [5.74, 6) is -1.96. The quantitative estimate of drug-likeness (QED) is 0.707. The summed E-state index contributed by atoms with van der Waals surface area (Å²) in [4.78, 5) is 38.6. The molecule has 2 aromatic rings. The van der Waals surface area contributed by atoms with Crippen LogP contribution >= 0.6 is 23.8 Å². The molecule has 1 aliphatic heterocycles. The summed E-state index contributed by atoms with van der Waals surface area (Å²) in [5, 5.41) is 4.32. The van der Waals surface area contributed by atoms with E-state index in [1.165, 1.54) is 29.1 Å². The largest absolute Gasteiger partial charge is 0.326 e. The number of nitrogens with zero attached hydrogens (tertiary/aromatic N) is 2. The molecule has 2 aromatic carbocycles. The Balaban J connectivity index is 1.73. The lowest BCUT2D eigenvalue weighted by molar-refractivity contribution is -0.130. The Morgan fingerprint density at radius 3 is 2.55 bits per heavy atom. The van der Waals surface area contributed by atoms with Gasteiger partial charge in [0.25, 0.3) is 11.8 Å². The Labute approximate surface area is 176 Å². The zero-order chi connectivity index (χ0) is 21.1. The summed E-state index contributed by atoms with van der Waals surface area (Å²) in [6.07, 6.45) is -0.250. The lowest BCUT2D eigenvalue weighted by Gasteiger charge is -2.24. The van der Waals surface area contributed by atoms with Gasteiger partial charge in [0, 0.05) is 23.3 Å². The van der Waals surface area contributed by atoms with Gasteiger partial charge < -0.3 is 5.32 Å². The van der Waals surface area contributed by atoms with Crippen LogP contribution in [-0.4, -0.2) is 45.8 Å². The molecule has 2 N–H and O–H groups in total. The predicted octanol–water partition coefficient (Wildman–Crippen LogP) is 2.58. The van der Waals surface area contributed by atoms with Crippen molar-refractivity contribution in [2.75, 3.05) is 12.4 Å². The highest BCUT2D eigenvalue weighted by Gasteiger charge is 2.42. The van der Waals surface area contributed by atoms with Gasteiger partial charge in [-0.3, -0.25) is 24.7 Å². The Kier molecular flexibility index (Phi) is 6.09. The summed E-state index contributed by atoms with van der Waals surface area (Å²) < 4.78 is 13.1. The highest BCUT2D eigenvalue weighted by Crippen LogP contribution is 2.20. The van der Waals surface area contributed by atoms with E-state index in [-0.39, 0.29) is 17.1 Å². The monoisotopic (exact) mass is 434 g/mol. The molecule has 1 heterocycles. The molecule has 7 nitrogen and oxygen atoms in total. The predicted molar refractivity (Wildman–Crippen MR) is 110 cm³/mol. The number of carbonyl (C=O) groups is 3. The molecule has 0 saturated carbocycles. The Bertz CT molecular complexity index is 986. The Morgan fingerprint density at radius 1 is 1.21 bits per heavy atom. The second-order valence-electron chi connectivity index (χ2n) is 6.28. The minimum Gasteiger partial charge on any atom is -0.326 e. The zero-order valence-corrected chi connectivity index (χ0v) is 16.8. The number of nitrogens with one attached hydrogen (secondary N) is 2. The van der Waals surface area contributed by atoms with Crippen LogP contribution in [0.3, 0.4) is 0 Å². The van der Waals surface area contributed by atoms with Gasteiger partial charge in [-0.2, -0.15) is 0 Å². The van der Waals surface area contributed by atoms with Gasteiger partial charge in [-0.1, -0.05) is 17.7 Å². The lowest BCUT2D eigenvalue weighted by Crippen LogP contribution is -2.49. The molecule has 1 aliphatic rings. The summed E-state index contributed by atoms with van der Waals surface area (Å²) in [6, 6.07) is 10.4. The van der Waals surface area contributed by atoms with Gasteiger partial charge >= 0.3 is 0 Å². The molecule has 0 aliphatic carbocycles. The number of carbonyl (C=O) groups excluding carboxylic acids is 3. The highest BCUT2D eigenvalue weighted by molar-refractivity contribution is 7.80. The van der Waals surface area contributed by atoms with Crippen molar-refractivity contribution in [3.05, 3.63) is 64.9 Å². The van der Waals surface area contributed by atoms with Crippen molar-refractivity contribution in [3.8, 4) is 0 Å². The molecule has 1 fully saturated rings. The maximum absolute atomic E-state index is 13.1. The number of benzene rings is 2. The number of amides is 3. The first-order chi connectivity index (χ1) is 13.8. The van der Waals surface area contributed by atoms with Crippen LogP contribution in [0, 0.1) is 5.82 Å². The van der Waals surface area contributed by atoms with E-state index in [9.17, 15) is 18.8 Å². The molecule has 1 saturated heterocycles. The van der Waals surface area contributed by atoms with Gasteiger partial charge in [0.05, 0.1) is 6.42 Å². The fraction of sp³-hybridized carbons (Fsp3) is 0.158. The van der Waals surface area contributed by atoms with Crippen molar-refractivity contribution < 1.29 is 18.8 Å². The second kappa shape index (κ2) is 8.54. The van der Waals surface area contributed by atoms with Crippen LogP contribution in [0.25, 0.3) is 0 Å².